The molecule has 0 bridgehead atoms. The summed E-state index contributed by atoms with van der Waals surface area (Å²) in [6.07, 6.45) is 1.94. The van der Waals surface area contributed by atoms with Crippen molar-refractivity contribution in [3.05, 3.63) is 47.2 Å². The van der Waals surface area contributed by atoms with Gasteiger partial charge in [0.05, 0.1) is 0 Å². The maximum atomic E-state index is 11.4. The van der Waals surface area contributed by atoms with Crippen LogP contribution >= 0.6 is 11.8 Å². The van der Waals surface area contributed by atoms with Crippen LogP contribution < -0.4 is 4.74 Å². The van der Waals surface area contributed by atoms with E-state index in [1.807, 2.05) is 31.4 Å². The molecule has 0 unspecified atom stereocenters. The smallest absolute Gasteiger partial charge is 0.341 e. The van der Waals surface area contributed by atoms with Gasteiger partial charge in [-0.1, -0.05) is 12.1 Å². The first-order chi connectivity index (χ1) is 9.52. The van der Waals surface area contributed by atoms with Crippen LogP contribution in [0.5, 0.6) is 11.6 Å². The lowest BCUT2D eigenvalue weighted by molar-refractivity contribution is 0.0692. The second-order valence-electron chi connectivity index (χ2n) is 4.32. The molecule has 20 heavy (non-hydrogen) atoms. The molecule has 0 saturated heterocycles. The number of thioether (sulfide) groups is 1. The quantitative estimate of drug-likeness (QED) is 0.865. The molecule has 1 N–H and O–H groups in total. The molecule has 2 aromatic rings. The standard InChI is InChI=1S/C15H15NO3S/c1-9-8-10(2)16-14(13(9)15(17)18)19-11-6-4-5-7-12(11)20-3/h4-8H,1-3H3,(H,17,18). The number of carboxylic acids is 1. The van der Waals surface area contributed by atoms with Gasteiger partial charge in [-0.3, -0.25) is 0 Å². The Balaban J connectivity index is 2.50. The molecule has 0 amide bonds. The Kier molecular flexibility index (Phi) is 4.29. The number of aromatic carboxylic acids is 1. The predicted octanol–water partition coefficient (Wildman–Crippen LogP) is 3.91. The molecule has 0 saturated carbocycles. The van der Waals surface area contributed by atoms with Crippen molar-refractivity contribution in [2.45, 2.75) is 18.7 Å². The van der Waals surface area contributed by atoms with Crippen LogP contribution in [0.4, 0.5) is 0 Å². The third kappa shape index (κ3) is 2.93. The van der Waals surface area contributed by atoms with Crippen molar-refractivity contribution in [2.24, 2.45) is 0 Å². The van der Waals surface area contributed by atoms with Crippen LogP contribution in [0.15, 0.2) is 35.2 Å². The Labute approximate surface area is 121 Å². The minimum atomic E-state index is -1.04. The number of aromatic nitrogens is 1. The number of aryl methyl sites for hydroxylation is 2. The number of hydrogen-bond acceptors (Lipinski definition) is 4. The molecule has 1 heterocycles. The molecular formula is C15H15NO3S. The molecule has 1 aromatic heterocycles. The molecule has 0 radical (unpaired) electrons. The van der Waals surface area contributed by atoms with Gasteiger partial charge < -0.3 is 9.84 Å². The summed E-state index contributed by atoms with van der Waals surface area (Å²) >= 11 is 1.54. The van der Waals surface area contributed by atoms with E-state index in [1.165, 1.54) is 11.8 Å². The normalized spacial score (nSPS) is 10.3. The average Bonchev–Trinajstić information content (AvgIpc) is 2.38. The topological polar surface area (TPSA) is 59.4 Å². The highest BCUT2D eigenvalue weighted by molar-refractivity contribution is 7.98. The molecule has 4 nitrogen and oxygen atoms in total. The summed E-state index contributed by atoms with van der Waals surface area (Å²) < 4.78 is 5.74. The van der Waals surface area contributed by atoms with Crippen molar-refractivity contribution in [1.82, 2.24) is 4.98 Å². The van der Waals surface area contributed by atoms with Crippen LogP contribution in [0.25, 0.3) is 0 Å². The lowest BCUT2D eigenvalue weighted by Gasteiger charge is -2.12. The first kappa shape index (κ1) is 14.4. The van der Waals surface area contributed by atoms with Crippen LogP contribution in [0.2, 0.25) is 0 Å². The summed E-state index contributed by atoms with van der Waals surface area (Å²) in [6.45, 7) is 3.55. The number of carbonyl (C=O) groups is 1. The lowest BCUT2D eigenvalue weighted by atomic mass is 10.1. The third-order valence-electron chi connectivity index (χ3n) is 2.80. The van der Waals surface area contributed by atoms with Gasteiger partial charge in [0.25, 0.3) is 0 Å². The summed E-state index contributed by atoms with van der Waals surface area (Å²) in [6, 6.07) is 9.21. The van der Waals surface area contributed by atoms with Crippen molar-refractivity contribution in [2.75, 3.05) is 6.26 Å². The first-order valence-corrected chi connectivity index (χ1v) is 7.28. The van der Waals surface area contributed by atoms with E-state index in [-0.39, 0.29) is 11.4 Å². The molecule has 2 rings (SSSR count). The molecule has 0 aliphatic rings. The van der Waals surface area contributed by atoms with E-state index in [9.17, 15) is 9.90 Å². The average molecular weight is 289 g/mol. The number of benzene rings is 1. The first-order valence-electron chi connectivity index (χ1n) is 6.05. The fraction of sp³-hybridized carbons (Fsp3) is 0.200. The van der Waals surface area contributed by atoms with E-state index >= 15 is 0 Å². The summed E-state index contributed by atoms with van der Waals surface area (Å²) in [5.41, 5.74) is 1.47. The van der Waals surface area contributed by atoms with Crippen LogP contribution in [-0.2, 0) is 0 Å². The Morgan fingerprint density at radius 3 is 2.65 bits per heavy atom. The Morgan fingerprint density at radius 1 is 1.30 bits per heavy atom. The van der Waals surface area contributed by atoms with Gasteiger partial charge in [0, 0.05) is 10.6 Å². The Bertz CT molecular complexity index is 656. The monoisotopic (exact) mass is 289 g/mol. The van der Waals surface area contributed by atoms with Crippen LogP contribution in [0.3, 0.4) is 0 Å². The van der Waals surface area contributed by atoms with E-state index in [2.05, 4.69) is 4.98 Å². The van der Waals surface area contributed by atoms with Gasteiger partial charge in [-0.2, -0.15) is 0 Å². The van der Waals surface area contributed by atoms with E-state index in [0.717, 1.165) is 10.6 Å². The van der Waals surface area contributed by atoms with Gasteiger partial charge in [0.15, 0.2) is 0 Å². The summed E-state index contributed by atoms with van der Waals surface area (Å²) in [5, 5.41) is 9.32. The van der Waals surface area contributed by atoms with Gasteiger partial charge in [-0.15, -0.1) is 11.8 Å². The summed E-state index contributed by atoms with van der Waals surface area (Å²) in [4.78, 5) is 16.5. The molecule has 104 valence electrons. The predicted molar refractivity (Wildman–Crippen MR) is 79.0 cm³/mol. The minimum Gasteiger partial charge on any atom is -0.477 e. The zero-order valence-corrected chi connectivity index (χ0v) is 12.3. The molecule has 0 aliphatic carbocycles. The van der Waals surface area contributed by atoms with Gasteiger partial charge in [-0.05, 0) is 43.9 Å². The number of ether oxygens (including phenoxy) is 1. The number of hydrogen-bond donors (Lipinski definition) is 1. The largest absolute Gasteiger partial charge is 0.477 e. The van der Waals surface area contributed by atoms with Crippen LogP contribution in [0, 0.1) is 13.8 Å². The van der Waals surface area contributed by atoms with Gasteiger partial charge in [0.1, 0.15) is 11.3 Å². The van der Waals surface area contributed by atoms with Crippen LogP contribution in [0.1, 0.15) is 21.6 Å². The van der Waals surface area contributed by atoms with Crippen LogP contribution in [-0.4, -0.2) is 22.3 Å². The molecule has 5 heteroatoms. The van der Waals surface area contributed by atoms with Gasteiger partial charge >= 0.3 is 5.97 Å². The van der Waals surface area contributed by atoms with Crippen molar-refractivity contribution >= 4 is 17.7 Å². The number of pyridine rings is 1. The number of rotatable bonds is 4. The van der Waals surface area contributed by atoms with Crippen molar-refractivity contribution in [3.8, 4) is 11.6 Å². The second kappa shape index (κ2) is 5.96. The minimum absolute atomic E-state index is 0.103. The molecule has 0 aliphatic heterocycles. The lowest BCUT2D eigenvalue weighted by Crippen LogP contribution is -2.06. The molecule has 1 aromatic carbocycles. The second-order valence-corrected chi connectivity index (χ2v) is 5.17. The Morgan fingerprint density at radius 2 is 2.00 bits per heavy atom. The summed E-state index contributed by atoms with van der Waals surface area (Å²) in [7, 11) is 0. The molecule has 0 spiro atoms. The molecular weight excluding hydrogens is 274 g/mol. The van der Waals surface area contributed by atoms with E-state index < -0.39 is 5.97 Å². The van der Waals surface area contributed by atoms with Crippen molar-refractivity contribution in [3.63, 3.8) is 0 Å². The Hall–Kier alpha value is -2.01. The zero-order chi connectivity index (χ0) is 14.7. The van der Waals surface area contributed by atoms with E-state index in [4.69, 9.17) is 4.74 Å². The fourth-order valence-electron chi connectivity index (χ4n) is 1.94. The number of nitrogens with zero attached hydrogens (tertiary/aromatic N) is 1. The van der Waals surface area contributed by atoms with Crippen molar-refractivity contribution in [1.29, 1.82) is 0 Å². The highest BCUT2D eigenvalue weighted by atomic mass is 32.2. The van der Waals surface area contributed by atoms with Crippen molar-refractivity contribution < 1.29 is 14.6 Å². The summed E-state index contributed by atoms with van der Waals surface area (Å²) in [5.74, 6) is -0.289. The highest BCUT2D eigenvalue weighted by Gasteiger charge is 2.18. The van der Waals surface area contributed by atoms with Gasteiger partial charge in [0.2, 0.25) is 5.88 Å². The van der Waals surface area contributed by atoms with Gasteiger partial charge in [-0.25, -0.2) is 9.78 Å². The maximum Gasteiger partial charge on any atom is 0.341 e. The highest BCUT2D eigenvalue weighted by Crippen LogP contribution is 2.32. The molecule has 0 atom stereocenters. The van der Waals surface area contributed by atoms with E-state index in [1.54, 1.807) is 19.1 Å². The zero-order valence-electron chi connectivity index (χ0n) is 11.5. The maximum absolute atomic E-state index is 11.4. The number of carboxylic acid groups (broad SMARTS) is 1. The SMILES string of the molecule is CSc1ccccc1Oc1nc(C)cc(C)c1C(=O)O. The molecule has 0 fully saturated rings. The van der Waals surface area contributed by atoms with E-state index in [0.29, 0.717) is 11.3 Å². The number of para-hydroxylation sites is 1. The fourth-order valence-corrected chi connectivity index (χ4v) is 2.47. The third-order valence-corrected chi connectivity index (χ3v) is 3.58.